The van der Waals surface area contributed by atoms with Gasteiger partial charge in [0.1, 0.15) is 5.69 Å². The van der Waals surface area contributed by atoms with Crippen molar-refractivity contribution >= 4 is 11.9 Å². The molecule has 0 aromatic carbocycles. The van der Waals surface area contributed by atoms with E-state index in [0.717, 1.165) is 5.69 Å². The van der Waals surface area contributed by atoms with Gasteiger partial charge in [0.2, 0.25) is 5.91 Å². The third-order valence-electron chi connectivity index (χ3n) is 2.78. The number of nitrogens with one attached hydrogen (secondary N) is 1. The predicted octanol–water partition coefficient (Wildman–Crippen LogP) is 0.622. The first-order valence-electron chi connectivity index (χ1n) is 6.93. The van der Waals surface area contributed by atoms with Crippen LogP contribution in [0.3, 0.4) is 0 Å². The van der Waals surface area contributed by atoms with E-state index in [2.05, 4.69) is 20.6 Å². The van der Waals surface area contributed by atoms with Crippen molar-refractivity contribution in [1.82, 2.24) is 25.3 Å². The van der Waals surface area contributed by atoms with Crippen molar-refractivity contribution in [3.8, 4) is 5.69 Å². The van der Waals surface area contributed by atoms with E-state index in [-0.39, 0.29) is 31.3 Å². The Morgan fingerprint density at radius 1 is 1.36 bits per heavy atom. The second kappa shape index (κ2) is 7.87. The zero-order chi connectivity index (χ0) is 15.8. The molecule has 0 aliphatic heterocycles. The Morgan fingerprint density at radius 3 is 2.95 bits per heavy atom. The summed E-state index contributed by atoms with van der Waals surface area (Å²) in [5.74, 6) is -0.607. The molecule has 1 amide bonds. The number of amides is 1. The minimum Gasteiger partial charge on any atom is -0.466 e. The summed E-state index contributed by atoms with van der Waals surface area (Å²) in [5, 5.41) is 10.6. The number of hydrogen-bond acceptors (Lipinski definition) is 6. The second-order valence-electron chi connectivity index (χ2n) is 4.45. The molecule has 1 N–H and O–H groups in total. The van der Waals surface area contributed by atoms with E-state index in [0.29, 0.717) is 12.3 Å². The van der Waals surface area contributed by atoms with Crippen LogP contribution in [-0.4, -0.2) is 38.5 Å². The zero-order valence-corrected chi connectivity index (χ0v) is 12.2. The van der Waals surface area contributed by atoms with Crippen LogP contribution in [0.1, 0.15) is 25.5 Å². The van der Waals surface area contributed by atoms with Crippen LogP contribution in [0.15, 0.2) is 30.7 Å². The molecule has 0 saturated heterocycles. The number of carbonyl (C=O) groups excluding carboxylic acids is 2. The van der Waals surface area contributed by atoms with Crippen molar-refractivity contribution in [2.24, 2.45) is 0 Å². The molecule has 116 valence electrons. The number of ether oxygens (including phenoxy) is 1. The van der Waals surface area contributed by atoms with Gasteiger partial charge in [-0.3, -0.25) is 14.6 Å². The van der Waals surface area contributed by atoms with E-state index in [1.165, 1.54) is 0 Å². The molecular formula is C14H17N5O3. The quantitative estimate of drug-likeness (QED) is 0.753. The van der Waals surface area contributed by atoms with Gasteiger partial charge in [-0.25, -0.2) is 4.68 Å². The van der Waals surface area contributed by atoms with Crippen molar-refractivity contribution < 1.29 is 14.3 Å². The fraction of sp³-hybridized carbons (Fsp3) is 0.357. The highest BCUT2D eigenvalue weighted by Crippen LogP contribution is 2.04. The molecule has 0 bridgehead atoms. The largest absolute Gasteiger partial charge is 0.466 e. The number of aromatic nitrogens is 4. The highest BCUT2D eigenvalue weighted by molar-refractivity contribution is 5.81. The van der Waals surface area contributed by atoms with Crippen molar-refractivity contribution in [2.75, 3.05) is 6.61 Å². The summed E-state index contributed by atoms with van der Waals surface area (Å²) >= 11 is 0. The minimum atomic E-state index is -0.375. The summed E-state index contributed by atoms with van der Waals surface area (Å²) in [7, 11) is 0. The zero-order valence-electron chi connectivity index (χ0n) is 12.2. The number of nitrogens with zero attached hydrogens (tertiary/aromatic N) is 4. The van der Waals surface area contributed by atoms with E-state index in [1.54, 1.807) is 36.3 Å². The third-order valence-corrected chi connectivity index (χ3v) is 2.78. The SMILES string of the molecule is CCOC(=O)CCC(=O)NCc1cn(-c2cccnc2)nn1. The molecular weight excluding hydrogens is 286 g/mol. The van der Waals surface area contributed by atoms with E-state index < -0.39 is 0 Å². The molecule has 0 unspecified atom stereocenters. The first-order chi connectivity index (χ1) is 10.7. The Labute approximate surface area is 127 Å². The Morgan fingerprint density at radius 2 is 2.23 bits per heavy atom. The Balaban J connectivity index is 1.79. The molecule has 2 heterocycles. The molecule has 8 heteroatoms. The maximum absolute atomic E-state index is 11.6. The van der Waals surface area contributed by atoms with Gasteiger partial charge in [-0.15, -0.1) is 5.10 Å². The first-order valence-corrected chi connectivity index (χ1v) is 6.93. The van der Waals surface area contributed by atoms with E-state index in [1.807, 2.05) is 6.07 Å². The molecule has 0 spiro atoms. The standard InChI is InChI=1S/C14H17N5O3/c1-2-22-14(21)6-5-13(20)16-8-11-10-19(18-17-11)12-4-3-7-15-9-12/h3-4,7,9-10H,2,5-6,8H2,1H3,(H,16,20). The van der Waals surface area contributed by atoms with Crippen molar-refractivity contribution in [3.63, 3.8) is 0 Å². The van der Waals surface area contributed by atoms with Gasteiger partial charge in [0.15, 0.2) is 0 Å². The third kappa shape index (κ3) is 4.65. The lowest BCUT2D eigenvalue weighted by Gasteiger charge is -2.03. The monoisotopic (exact) mass is 303 g/mol. The van der Waals surface area contributed by atoms with Gasteiger partial charge in [-0.2, -0.15) is 0 Å². The molecule has 0 atom stereocenters. The van der Waals surface area contributed by atoms with Gasteiger partial charge in [-0.1, -0.05) is 5.21 Å². The van der Waals surface area contributed by atoms with Crippen molar-refractivity contribution in [3.05, 3.63) is 36.4 Å². The Kier molecular flexibility index (Phi) is 5.58. The van der Waals surface area contributed by atoms with E-state index >= 15 is 0 Å². The number of carbonyl (C=O) groups is 2. The van der Waals surface area contributed by atoms with Gasteiger partial charge in [0.25, 0.3) is 0 Å². The number of pyridine rings is 1. The fourth-order valence-electron chi connectivity index (χ4n) is 1.72. The van der Waals surface area contributed by atoms with Crippen LogP contribution in [-0.2, 0) is 20.9 Å². The number of hydrogen-bond donors (Lipinski definition) is 1. The number of rotatable bonds is 7. The highest BCUT2D eigenvalue weighted by Gasteiger charge is 2.08. The minimum absolute atomic E-state index is 0.0715. The molecule has 0 aliphatic carbocycles. The molecule has 8 nitrogen and oxygen atoms in total. The van der Waals surface area contributed by atoms with Crippen LogP contribution < -0.4 is 5.32 Å². The van der Waals surface area contributed by atoms with E-state index in [4.69, 9.17) is 4.74 Å². The predicted molar refractivity (Wildman–Crippen MR) is 76.9 cm³/mol. The van der Waals surface area contributed by atoms with Gasteiger partial charge >= 0.3 is 5.97 Å². The lowest BCUT2D eigenvalue weighted by atomic mass is 10.3. The molecule has 0 fully saturated rings. The van der Waals surface area contributed by atoms with Gasteiger partial charge < -0.3 is 10.1 Å². The molecule has 2 rings (SSSR count). The second-order valence-corrected chi connectivity index (χ2v) is 4.45. The number of esters is 1. The average molecular weight is 303 g/mol. The van der Waals surface area contributed by atoms with Crippen molar-refractivity contribution in [1.29, 1.82) is 0 Å². The van der Waals surface area contributed by atoms with E-state index in [9.17, 15) is 9.59 Å². The summed E-state index contributed by atoms with van der Waals surface area (Å²) in [6.45, 7) is 2.30. The van der Waals surface area contributed by atoms with Crippen LogP contribution in [0, 0.1) is 0 Å². The van der Waals surface area contributed by atoms with Crippen molar-refractivity contribution in [2.45, 2.75) is 26.3 Å². The topological polar surface area (TPSA) is 99.0 Å². The van der Waals surface area contributed by atoms with Gasteiger partial charge in [-0.05, 0) is 19.1 Å². The maximum Gasteiger partial charge on any atom is 0.306 e. The fourth-order valence-corrected chi connectivity index (χ4v) is 1.72. The Hall–Kier alpha value is -2.77. The summed E-state index contributed by atoms with van der Waals surface area (Å²) in [6.07, 6.45) is 5.21. The molecule has 0 radical (unpaired) electrons. The highest BCUT2D eigenvalue weighted by atomic mass is 16.5. The average Bonchev–Trinajstić information content (AvgIpc) is 3.01. The normalized spacial score (nSPS) is 10.2. The molecule has 2 aromatic rings. The molecule has 0 aliphatic rings. The van der Waals surface area contributed by atoms with Crippen LogP contribution in [0.5, 0.6) is 0 Å². The van der Waals surface area contributed by atoms with Gasteiger partial charge in [0.05, 0.1) is 37.7 Å². The van der Waals surface area contributed by atoms with Crippen LogP contribution >= 0.6 is 0 Å². The summed E-state index contributed by atoms with van der Waals surface area (Å²) in [5.41, 5.74) is 1.41. The smallest absolute Gasteiger partial charge is 0.306 e. The van der Waals surface area contributed by atoms with Gasteiger partial charge in [0, 0.05) is 12.6 Å². The van der Waals surface area contributed by atoms with Crippen LogP contribution in [0.4, 0.5) is 0 Å². The molecule has 0 saturated carbocycles. The Bertz CT molecular complexity index is 626. The summed E-state index contributed by atoms with van der Waals surface area (Å²) in [4.78, 5) is 26.8. The maximum atomic E-state index is 11.6. The molecule has 22 heavy (non-hydrogen) atoms. The summed E-state index contributed by atoms with van der Waals surface area (Å²) in [6, 6.07) is 3.65. The summed E-state index contributed by atoms with van der Waals surface area (Å²) < 4.78 is 6.33. The lowest BCUT2D eigenvalue weighted by molar-refractivity contribution is -0.144. The van der Waals surface area contributed by atoms with Crippen LogP contribution in [0.2, 0.25) is 0 Å². The first kappa shape index (κ1) is 15.6. The van der Waals surface area contributed by atoms with Crippen LogP contribution in [0.25, 0.3) is 5.69 Å². The molecule has 2 aromatic heterocycles. The lowest BCUT2D eigenvalue weighted by Crippen LogP contribution is -2.23.